The Balaban J connectivity index is 1.39. The topological polar surface area (TPSA) is 96.2 Å². The fraction of sp³-hybridized carbons (Fsp3) is 1.00. The van der Waals surface area contributed by atoms with Gasteiger partial charge in [0, 0.05) is 131 Å². The van der Waals surface area contributed by atoms with Gasteiger partial charge < -0.3 is 0 Å². The number of rotatable bonds is 32. The average molecular weight is 1740 g/mol. The molecule has 0 aromatic heterocycles. The lowest BCUT2D eigenvalue weighted by molar-refractivity contribution is 0.189. The molecule has 608 valence electrons. The lowest BCUT2D eigenvalue weighted by Crippen LogP contribution is -2.63. The molecule has 9 fully saturated rings. The van der Waals surface area contributed by atoms with E-state index in [1.54, 1.807) is 0 Å². The van der Waals surface area contributed by atoms with Crippen molar-refractivity contribution < 1.29 is 0 Å². The molecule has 0 spiro atoms. The van der Waals surface area contributed by atoms with Crippen LogP contribution in [-0.2, 0) is 0 Å². The van der Waals surface area contributed by atoms with Gasteiger partial charge in [-0.05, 0) is 84.0 Å². The molecule has 4 aliphatic carbocycles. The summed E-state index contributed by atoms with van der Waals surface area (Å²) in [7, 11) is 0. The molecule has 9 rings (SSSR count). The van der Waals surface area contributed by atoms with Crippen molar-refractivity contribution in [2.45, 2.75) is 439 Å². The molecule has 104 heavy (non-hydrogen) atoms. The van der Waals surface area contributed by atoms with Crippen molar-refractivity contribution in [1.82, 2.24) is 42.5 Å². The number of nitrogens with one attached hydrogen (secondary N) is 8. The van der Waals surface area contributed by atoms with Crippen LogP contribution >= 0.6 is 188 Å². The third-order valence-corrected chi connectivity index (χ3v) is 46.9. The molecule has 0 aromatic rings. The summed E-state index contributed by atoms with van der Waals surface area (Å²) in [4.78, 5) is 0. The highest BCUT2D eigenvalue weighted by Gasteiger charge is 2.69. The molecule has 0 radical (unpaired) electrons. The largest absolute Gasteiger partial charge is 0.286 e. The quantitative estimate of drug-likeness (QED) is 0.0328. The molecule has 4 saturated carbocycles. The second-order valence-corrected chi connectivity index (χ2v) is 64.3. The minimum atomic E-state index is 0.0779. The maximum atomic E-state index is 5.00. The van der Waals surface area contributed by atoms with E-state index in [0.29, 0.717) is 215 Å². The zero-order chi connectivity index (χ0) is 76.7. The monoisotopic (exact) mass is 1740 g/mol. The summed E-state index contributed by atoms with van der Waals surface area (Å²) in [5, 5.41) is 55.3. The lowest BCUT2D eigenvalue weighted by Gasteiger charge is -2.54. The summed E-state index contributed by atoms with van der Waals surface area (Å²) in [5.41, 5.74) is 0. The molecule has 24 heteroatoms. The predicted molar refractivity (Wildman–Crippen MR) is 508 cm³/mol. The smallest absolute Gasteiger partial charge is 0.0640 e. The van der Waals surface area contributed by atoms with E-state index in [4.69, 9.17) is 42.5 Å². The van der Waals surface area contributed by atoms with E-state index in [-0.39, 0.29) is 49.3 Å². The van der Waals surface area contributed by atoms with E-state index in [1.807, 2.05) is 0 Å². The van der Waals surface area contributed by atoms with Gasteiger partial charge in [0.05, 0.1) is 49.3 Å². The Hall–Kier alpha value is 5.28. The van der Waals surface area contributed by atoms with Gasteiger partial charge in [0.15, 0.2) is 0 Å². The van der Waals surface area contributed by atoms with E-state index >= 15 is 0 Å². The van der Waals surface area contributed by atoms with Crippen molar-refractivity contribution in [1.29, 1.82) is 0 Å². The van der Waals surface area contributed by atoms with Gasteiger partial charge >= 0.3 is 0 Å². The first-order valence-electron chi connectivity index (χ1n) is 41.3. The van der Waals surface area contributed by atoms with E-state index in [1.165, 1.54) is 0 Å². The zero-order valence-corrected chi connectivity index (χ0v) is 83.3. The number of hydrogen-bond donors (Lipinski definition) is 8. The molecule has 8 bridgehead atoms. The molecular formula is C80H152N8S16. The third kappa shape index (κ3) is 23.1. The van der Waals surface area contributed by atoms with Gasteiger partial charge in [-0.1, -0.05) is 222 Å². The molecule has 0 aromatic carbocycles. The molecule has 0 amide bonds. The third-order valence-electron chi connectivity index (χ3n) is 21.5. The van der Waals surface area contributed by atoms with Crippen LogP contribution in [0.25, 0.3) is 0 Å². The Kier molecular flexibility index (Phi) is 37.2. The van der Waals surface area contributed by atoms with Crippen LogP contribution < -0.4 is 42.5 Å². The second-order valence-electron chi connectivity index (χ2n) is 36.2. The van der Waals surface area contributed by atoms with Crippen LogP contribution in [0.15, 0.2) is 0 Å². The average Bonchev–Trinajstić information content (AvgIpc) is 1.55. The predicted octanol–water partition coefficient (Wildman–Crippen LogP) is 20.5. The van der Waals surface area contributed by atoms with Crippen molar-refractivity contribution in [3.8, 4) is 0 Å². The molecule has 8 nitrogen and oxygen atoms in total. The van der Waals surface area contributed by atoms with Crippen LogP contribution in [0.1, 0.15) is 222 Å². The fourth-order valence-corrected chi connectivity index (χ4v) is 47.1. The zero-order valence-electron chi connectivity index (χ0n) is 70.2. The minimum Gasteiger partial charge on any atom is -0.286 e. The van der Waals surface area contributed by atoms with Crippen molar-refractivity contribution in [2.24, 2.45) is 47.3 Å². The van der Waals surface area contributed by atoms with Gasteiger partial charge in [-0.15, -0.1) is 0 Å². The highest BCUT2D eigenvalue weighted by Crippen LogP contribution is 2.63. The first-order chi connectivity index (χ1) is 48.7. The Morgan fingerprint density at radius 3 is 0.250 bits per heavy atom. The summed E-state index contributed by atoms with van der Waals surface area (Å²) in [6, 6.07) is 0. The molecule has 5 aliphatic heterocycles. The Morgan fingerprint density at radius 1 is 0.115 bits per heavy atom. The van der Waals surface area contributed by atoms with Gasteiger partial charge in [-0.2, -0.15) is 188 Å². The second kappa shape index (κ2) is 41.5. The summed E-state index contributed by atoms with van der Waals surface area (Å²) in [6.07, 6.45) is 0.623. The van der Waals surface area contributed by atoms with Crippen molar-refractivity contribution in [3.05, 3.63) is 0 Å². The van der Waals surface area contributed by atoms with E-state index in [2.05, 4.69) is 410 Å². The highest BCUT2D eigenvalue weighted by molar-refractivity contribution is 8.10. The summed E-state index contributed by atoms with van der Waals surface area (Å²) < 4.78 is 0. The Bertz CT molecular complexity index is 2060. The number of fused-ring (bicyclic) bond motifs is 20. The van der Waals surface area contributed by atoms with Crippen molar-refractivity contribution in [3.63, 3.8) is 0 Å². The van der Waals surface area contributed by atoms with Gasteiger partial charge in [-0.25, -0.2) is 0 Å². The summed E-state index contributed by atoms with van der Waals surface area (Å²) in [6.45, 7) is 80.8. The van der Waals surface area contributed by atoms with Crippen LogP contribution in [0.2, 0.25) is 0 Å². The SMILES string of the molecule is CC(C)SC1C(SC(C)C)C(SC(C)C)C2C3NC(NC4NC(NC5NC(NC6NC(N3)C3C(SC(C)C)C(SC(C)C)C(SC(C)C)C(SC(C)C)C63)C3C(SC(C)C)C(SC(C)C)C(SC(C)C)C(SC(C)C)C53)C3C(SC(C)C)C(SC(C)C)C(SC(C)C)C(SC(C)C)C43)C2C1SC(C)C. The molecule has 5 heterocycles. The molecule has 24 unspecified atom stereocenters. The highest BCUT2D eigenvalue weighted by atomic mass is 32.2. The van der Waals surface area contributed by atoms with Gasteiger partial charge in [0.2, 0.25) is 0 Å². The van der Waals surface area contributed by atoms with Crippen LogP contribution in [-0.4, -0.2) is 217 Å². The van der Waals surface area contributed by atoms with E-state index in [9.17, 15) is 0 Å². The molecular weight excluding hydrogens is 1590 g/mol. The maximum Gasteiger partial charge on any atom is 0.0640 e. The fourth-order valence-electron chi connectivity index (χ4n) is 19.6. The van der Waals surface area contributed by atoms with Crippen molar-refractivity contribution in [2.75, 3.05) is 0 Å². The van der Waals surface area contributed by atoms with E-state index in [0.717, 1.165) is 0 Å². The standard InChI is InChI=1S/C80H152N8S16/c1-33(2)89-57-49-50(58(90-34(3)4)66(98-42(19)20)65(57)97-41(17)18)74-81-73(49)85-75-51-52(60(92-36(7)8)68(100-44(23)24)67(99-43(21)22)59(51)91-35(5)6)77(82-75)87-79-55-56(64(96-40(15)16)72(104-48(31)32)71(103-47(29)30)63(55)95-39(13)14)80(84-79)88-78-54-53(76(83-78)86-74)61(93-37(9)10)69(101-45(25)26)70(102-46(27)28)62(54)94-38(11)12/h33-88H,1-32H3. The number of thioether (sulfide) groups is 16. The number of hydrogen-bond acceptors (Lipinski definition) is 24. The lowest BCUT2D eigenvalue weighted by atomic mass is 9.74. The minimum absolute atomic E-state index is 0.0779. The molecule has 24 atom stereocenters. The normalized spacial score (nSPS) is 42.0. The molecule has 8 N–H and O–H groups in total. The van der Waals surface area contributed by atoms with E-state index < -0.39 is 0 Å². The Labute approximate surface area is 709 Å². The van der Waals surface area contributed by atoms with Crippen LogP contribution in [0.3, 0.4) is 0 Å². The summed E-state index contributed by atoms with van der Waals surface area (Å²) in [5.74, 6) is 3.00. The Morgan fingerprint density at radius 2 is 0.183 bits per heavy atom. The molecule has 5 saturated heterocycles. The molecule has 9 aliphatic rings. The van der Waals surface area contributed by atoms with Gasteiger partial charge in [-0.3, -0.25) is 42.5 Å². The van der Waals surface area contributed by atoms with Gasteiger partial charge in [0.25, 0.3) is 0 Å². The first-order valence-corrected chi connectivity index (χ1v) is 56.4. The van der Waals surface area contributed by atoms with Gasteiger partial charge in [0.1, 0.15) is 0 Å². The maximum absolute atomic E-state index is 5.00. The first kappa shape index (κ1) is 93.2. The van der Waals surface area contributed by atoms with Crippen LogP contribution in [0, 0.1) is 47.3 Å². The van der Waals surface area contributed by atoms with Crippen molar-refractivity contribution >= 4 is 188 Å². The van der Waals surface area contributed by atoms with Crippen LogP contribution in [0.4, 0.5) is 0 Å². The summed E-state index contributed by atoms with van der Waals surface area (Å²) >= 11 is 37.6. The van der Waals surface area contributed by atoms with Crippen LogP contribution in [0.5, 0.6) is 0 Å².